The third-order valence-corrected chi connectivity index (χ3v) is 3.13. The van der Waals surface area contributed by atoms with Gasteiger partial charge >= 0.3 is 5.97 Å². The van der Waals surface area contributed by atoms with Gasteiger partial charge in [-0.25, -0.2) is 4.79 Å². The van der Waals surface area contributed by atoms with Crippen molar-refractivity contribution in [1.82, 2.24) is 0 Å². The molecule has 0 bridgehead atoms. The molecular formula is C15H21NO5. The van der Waals surface area contributed by atoms with Crippen molar-refractivity contribution < 1.29 is 24.2 Å². The first-order valence-corrected chi connectivity index (χ1v) is 6.72. The minimum absolute atomic E-state index is 0.217. The Kier molecular flexibility index (Phi) is 6.17. The molecule has 0 aliphatic carbocycles. The summed E-state index contributed by atoms with van der Waals surface area (Å²) < 4.78 is 10.3. The molecule has 2 N–H and O–H groups in total. The number of carboxylic acids is 1. The van der Waals surface area contributed by atoms with Crippen molar-refractivity contribution in [2.75, 3.05) is 19.0 Å². The van der Waals surface area contributed by atoms with Crippen molar-refractivity contribution in [3.05, 3.63) is 24.3 Å². The number of hydrogen-bond acceptors (Lipinski definition) is 4. The number of ether oxygens (including phenoxy) is 2. The van der Waals surface area contributed by atoms with Gasteiger partial charge < -0.3 is 19.9 Å². The summed E-state index contributed by atoms with van der Waals surface area (Å²) in [5, 5.41) is 11.3. The van der Waals surface area contributed by atoms with E-state index in [1.165, 1.54) is 7.11 Å². The summed E-state index contributed by atoms with van der Waals surface area (Å²) in [5.41, 5.74) is -0.269. The summed E-state index contributed by atoms with van der Waals surface area (Å²) in [6, 6.07) is 6.50. The van der Waals surface area contributed by atoms with E-state index in [1.54, 1.807) is 31.2 Å². The lowest BCUT2D eigenvalue weighted by Crippen LogP contribution is -2.41. The molecule has 6 nitrogen and oxygen atoms in total. The Balaban J connectivity index is 2.66. The van der Waals surface area contributed by atoms with Gasteiger partial charge in [0.2, 0.25) is 0 Å². The van der Waals surface area contributed by atoms with E-state index in [4.69, 9.17) is 14.6 Å². The molecule has 0 saturated heterocycles. The predicted octanol–water partition coefficient (Wildman–Crippen LogP) is 2.29. The van der Waals surface area contributed by atoms with E-state index in [0.717, 1.165) is 6.42 Å². The van der Waals surface area contributed by atoms with Crippen LogP contribution in [0, 0.1) is 0 Å². The van der Waals surface area contributed by atoms with Gasteiger partial charge in [-0.3, -0.25) is 4.79 Å². The molecule has 0 spiro atoms. The second-order valence-corrected chi connectivity index (χ2v) is 4.85. The molecule has 1 aromatic carbocycles. The zero-order valence-electron chi connectivity index (χ0n) is 12.5. The van der Waals surface area contributed by atoms with Crippen LogP contribution >= 0.6 is 0 Å². The molecule has 0 heterocycles. The van der Waals surface area contributed by atoms with Gasteiger partial charge in [-0.2, -0.15) is 0 Å². The van der Waals surface area contributed by atoms with Gasteiger partial charge in [0.1, 0.15) is 11.4 Å². The molecule has 116 valence electrons. The SMILES string of the molecule is CCCC(C)(OC)C(=O)Nc1ccc(OCC(=O)O)cc1. The largest absolute Gasteiger partial charge is 0.482 e. The van der Waals surface area contributed by atoms with E-state index in [0.29, 0.717) is 17.9 Å². The fraction of sp³-hybridized carbons (Fsp3) is 0.467. The Hall–Kier alpha value is -2.08. The molecule has 21 heavy (non-hydrogen) atoms. The van der Waals surface area contributed by atoms with Crippen molar-refractivity contribution in [1.29, 1.82) is 0 Å². The molecule has 0 radical (unpaired) electrons. The molecule has 1 atom stereocenters. The molecule has 0 aliphatic rings. The summed E-state index contributed by atoms with van der Waals surface area (Å²) in [6.45, 7) is 3.33. The number of benzene rings is 1. The lowest BCUT2D eigenvalue weighted by Gasteiger charge is -2.26. The second kappa shape index (κ2) is 7.64. The highest BCUT2D eigenvalue weighted by molar-refractivity contribution is 5.97. The fourth-order valence-electron chi connectivity index (χ4n) is 1.83. The summed E-state index contributed by atoms with van der Waals surface area (Å²) in [7, 11) is 1.51. The summed E-state index contributed by atoms with van der Waals surface area (Å²) >= 11 is 0. The second-order valence-electron chi connectivity index (χ2n) is 4.85. The van der Waals surface area contributed by atoms with E-state index in [9.17, 15) is 9.59 Å². The molecule has 1 rings (SSSR count). The Morgan fingerprint density at radius 3 is 2.38 bits per heavy atom. The number of anilines is 1. The number of carbonyl (C=O) groups is 2. The van der Waals surface area contributed by atoms with Crippen LogP contribution in [0.15, 0.2) is 24.3 Å². The Labute approximate surface area is 124 Å². The van der Waals surface area contributed by atoms with Crippen LogP contribution in [0.4, 0.5) is 5.69 Å². The molecule has 1 amide bonds. The number of aliphatic carboxylic acids is 1. The van der Waals surface area contributed by atoms with Crippen molar-refractivity contribution in [2.24, 2.45) is 0 Å². The molecule has 6 heteroatoms. The predicted molar refractivity (Wildman–Crippen MR) is 78.5 cm³/mol. The zero-order chi connectivity index (χ0) is 15.9. The van der Waals surface area contributed by atoms with Gasteiger partial charge in [-0.1, -0.05) is 13.3 Å². The van der Waals surface area contributed by atoms with Gasteiger partial charge in [0.25, 0.3) is 5.91 Å². The van der Waals surface area contributed by atoms with Crippen molar-refractivity contribution in [3.63, 3.8) is 0 Å². The summed E-state index contributed by atoms with van der Waals surface area (Å²) in [5.74, 6) is -0.827. The third kappa shape index (κ3) is 5.07. The fourth-order valence-corrected chi connectivity index (χ4v) is 1.83. The minimum atomic E-state index is -1.04. The molecular weight excluding hydrogens is 274 g/mol. The Bertz CT molecular complexity index is 485. The maximum atomic E-state index is 12.2. The average Bonchev–Trinajstić information content (AvgIpc) is 2.46. The van der Waals surface area contributed by atoms with Crippen LogP contribution in [0.2, 0.25) is 0 Å². The number of nitrogens with one attached hydrogen (secondary N) is 1. The normalized spacial score (nSPS) is 13.3. The van der Waals surface area contributed by atoms with Crippen LogP contribution in [0.3, 0.4) is 0 Å². The number of carbonyl (C=O) groups excluding carboxylic acids is 1. The van der Waals surface area contributed by atoms with Crippen LogP contribution in [0.25, 0.3) is 0 Å². The molecule has 1 unspecified atom stereocenters. The van der Waals surface area contributed by atoms with Crippen LogP contribution in [0.5, 0.6) is 5.75 Å². The summed E-state index contributed by atoms with van der Waals surface area (Å²) in [4.78, 5) is 22.6. The summed E-state index contributed by atoms with van der Waals surface area (Å²) in [6.07, 6.45) is 1.45. The van der Waals surface area contributed by atoms with Gasteiger partial charge in [0, 0.05) is 12.8 Å². The number of methoxy groups -OCH3 is 1. The van der Waals surface area contributed by atoms with E-state index < -0.39 is 18.2 Å². The molecule has 1 aromatic rings. The molecule has 0 fully saturated rings. The number of carboxylic acid groups (broad SMARTS) is 1. The minimum Gasteiger partial charge on any atom is -0.482 e. The topological polar surface area (TPSA) is 84.9 Å². The Morgan fingerprint density at radius 1 is 1.29 bits per heavy atom. The van der Waals surface area contributed by atoms with Crippen LogP contribution < -0.4 is 10.1 Å². The van der Waals surface area contributed by atoms with E-state index in [2.05, 4.69) is 5.32 Å². The van der Waals surface area contributed by atoms with Crippen LogP contribution in [-0.2, 0) is 14.3 Å². The molecule has 0 saturated carbocycles. The lowest BCUT2D eigenvalue weighted by molar-refractivity contribution is -0.139. The lowest BCUT2D eigenvalue weighted by atomic mass is 9.99. The van der Waals surface area contributed by atoms with E-state index in [1.807, 2.05) is 6.92 Å². The van der Waals surface area contributed by atoms with E-state index >= 15 is 0 Å². The quantitative estimate of drug-likeness (QED) is 0.768. The Morgan fingerprint density at radius 2 is 1.90 bits per heavy atom. The van der Waals surface area contributed by atoms with Crippen LogP contribution in [0.1, 0.15) is 26.7 Å². The standard InChI is InChI=1S/C15H21NO5/c1-4-9-15(2,20-3)14(19)16-11-5-7-12(8-6-11)21-10-13(17)18/h5-8H,4,9-10H2,1-3H3,(H,16,19)(H,17,18). The van der Waals surface area contributed by atoms with E-state index in [-0.39, 0.29) is 5.91 Å². The van der Waals surface area contributed by atoms with Gasteiger partial charge in [-0.05, 0) is 37.6 Å². The van der Waals surface area contributed by atoms with Gasteiger partial charge in [0.05, 0.1) is 0 Å². The molecule has 0 aromatic heterocycles. The monoisotopic (exact) mass is 295 g/mol. The number of rotatable bonds is 8. The van der Waals surface area contributed by atoms with Gasteiger partial charge in [-0.15, -0.1) is 0 Å². The van der Waals surface area contributed by atoms with Crippen LogP contribution in [-0.4, -0.2) is 36.3 Å². The van der Waals surface area contributed by atoms with Crippen molar-refractivity contribution in [3.8, 4) is 5.75 Å². The average molecular weight is 295 g/mol. The smallest absolute Gasteiger partial charge is 0.341 e. The number of amides is 1. The highest BCUT2D eigenvalue weighted by atomic mass is 16.5. The third-order valence-electron chi connectivity index (χ3n) is 3.13. The first-order valence-electron chi connectivity index (χ1n) is 6.72. The molecule has 0 aliphatic heterocycles. The maximum Gasteiger partial charge on any atom is 0.341 e. The maximum absolute atomic E-state index is 12.2. The highest BCUT2D eigenvalue weighted by Crippen LogP contribution is 2.21. The number of hydrogen-bond donors (Lipinski definition) is 2. The van der Waals surface area contributed by atoms with Gasteiger partial charge in [0.15, 0.2) is 6.61 Å². The first kappa shape index (κ1) is 17.0. The zero-order valence-corrected chi connectivity index (χ0v) is 12.5. The van der Waals surface area contributed by atoms with Crippen molar-refractivity contribution in [2.45, 2.75) is 32.3 Å². The first-order chi connectivity index (χ1) is 9.91. The highest BCUT2D eigenvalue weighted by Gasteiger charge is 2.31. The van der Waals surface area contributed by atoms with Crippen molar-refractivity contribution >= 4 is 17.6 Å².